The third kappa shape index (κ3) is 5.33. The van der Waals surface area contributed by atoms with Gasteiger partial charge in [0.05, 0.1) is 12.3 Å². The fourth-order valence-corrected chi connectivity index (χ4v) is 4.22. The van der Waals surface area contributed by atoms with Crippen LogP contribution in [0.25, 0.3) is 11.3 Å². The van der Waals surface area contributed by atoms with E-state index in [4.69, 9.17) is 4.74 Å². The third-order valence-electron chi connectivity index (χ3n) is 5.79. The Labute approximate surface area is 159 Å². The van der Waals surface area contributed by atoms with Gasteiger partial charge in [-0.3, -0.25) is 4.98 Å². The molecule has 3 rings (SSSR count). The van der Waals surface area contributed by atoms with Crippen molar-refractivity contribution in [1.29, 1.82) is 0 Å². The van der Waals surface area contributed by atoms with Gasteiger partial charge < -0.3 is 4.74 Å². The van der Waals surface area contributed by atoms with Crippen LogP contribution in [-0.4, -0.2) is 11.6 Å². The molecule has 0 bridgehead atoms. The fourth-order valence-electron chi connectivity index (χ4n) is 4.22. The van der Waals surface area contributed by atoms with Crippen LogP contribution in [0.5, 0.6) is 5.75 Å². The summed E-state index contributed by atoms with van der Waals surface area (Å²) in [7, 11) is 0. The Balaban J connectivity index is 1.49. The van der Waals surface area contributed by atoms with Gasteiger partial charge in [0.2, 0.25) is 0 Å². The van der Waals surface area contributed by atoms with Gasteiger partial charge in [-0.05, 0) is 67.5 Å². The van der Waals surface area contributed by atoms with Crippen molar-refractivity contribution >= 4 is 0 Å². The summed E-state index contributed by atoms with van der Waals surface area (Å²) < 4.78 is 5.51. The molecule has 0 unspecified atom stereocenters. The van der Waals surface area contributed by atoms with E-state index in [9.17, 15) is 0 Å². The zero-order valence-corrected chi connectivity index (χ0v) is 16.4. The molecule has 2 aromatic rings. The molecule has 1 saturated carbocycles. The summed E-state index contributed by atoms with van der Waals surface area (Å²) in [6, 6.07) is 12.6. The Morgan fingerprint density at radius 2 is 1.58 bits per heavy atom. The number of hydrogen-bond acceptors (Lipinski definition) is 2. The minimum absolute atomic E-state index is 0.701. The Morgan fingerprint density at radius 1 is 0.885 bits per heavy atom. The van der Waals surface area contributed by atoms with E-state index >= 15 is 0 Å². The van der Waals surface area contributed by atoms with Gasteiger partial charge in [0, 0.05) is 11.8 Å². The molecule has 26 heavy (non-hydrogen) atoms. The first-order chi connectivity index (χ1) is 12.8. The second-order valence-corrected chi connectivity index (χ2v) is 7.72. The molecule has 0 spiro atoms. The topological polar surface area (TPSA) is 22.1 Å². The molecular formula is C24H33NO. The minimum atomic E-state index is 0.701. The van der Waals surface area contributed by atoms with E-state index in [-0.39, 0.29) is 0 Å². The van der Waals surface area contributed by atoms with Crippen molar-refractivity contribution in [1.82, 2.24) is 4.98 Å². The lowest BCUT2D eigenvalue weighted by Crippen LogP contribution is -2.15. The van der Waals surface area contributed by atoms with Crippen LogP contribution in [0.4, 0.5) is 0 Å². The smallest absolute Gasteiger partial charge is 0.119 e. The van der Waals surface area contributed by atoms with E-state index in [1.807, 2.05) is 19.1 Å². The highest BCUT2D eigenvalue weighted by atomic mass is 16.5. The van der Waals surface area contributed by atoms with E-state index in [1.165, 1.54) is 56.9 Å². The van der Waals surface area contributed by atoms with Gasteiger partial charge in [-0.2, -0.15) is 0 Å². The van der Waals surface area contributed by atoms with Crippen molar-refractivity contribution < 1.29 is 4.74 Å². The highest BCUT2D eigenvalue weighted by Crippen LogP contribution is 2.33. The van der Waals surface area contributed by atoms with E-state index in [2.05, 4.69) is 42.4 Å². The molecule has 1 heterocycles. The minimum Gasteiger partial charge on any atom is -0.494 e. The zero-order valence-electron chi connectivity index (χ0n) is 16.4. The Kier molecular flexibility index (Phi) is 7.11. The molecule has 1 aromatic carbocycles. The molecule has 140 valence electrons. The number of pyridine rings is 1. The SMILES string of the molecule is CCC[C@H]1CC[C@H](CCc2ccc(-c3ccc(OCC)cc3)nc2)CC1. The van der Waals surface area contributed by atoms with Crippen molar-refractivity contribution in [2.45, 2.75) is 65.2 Å². The predicted molar refractivity (Wildman–Crippen MR) is 110 cm³/mol. The van der Waals surface area contributed by atoms with Crippen LogP contribution in [-0.2, 0) is 6.42 Å². The first kappa shape index (κ1) is 18.9. The van der Waals surface area contributed by atoms with Gasteiger partial charge in [0.1, 0.15) is 5.75 Å². The van der Waals surface area contributed by atoms with Gasteiger partial charge in [0.25, 0.3) is 0 Å². The number of rotatable bonds is 8. The monoisotopic (exact) mass is 351 g/mol. The summed E-state index contributed by atoms with van der Waals surface area (Å²) >= 11 is 0. The van der Waals surface area contributed by atoms with Gasteiger partial charge in [0.15, 0.2) is 0 Å². The molecule has 2 heteroatoms. The molecular weight excluding hydrogens is 318 g/mol. The fraction of sp³-hybridized carbons (Fsp3) is 0.542. The first-order valence-electron chi connectivity index (χ1n) is 10.5. The van der Waals surface area contributed by atoms with E-state index in [0.29, 0.717) is 6.61 Å². The average molecular weight is 352 g/mol. The summed E-state index contributed by atoms with van der Waals surface area (Å²) in [6.07, 6.45) is 13.1. The normalized spacial score (nSPS) is 20.1. The van der Waals surface area contributed by atoms with Crippen LogP contribution in [0.3, 0.4) is 0 Å². The molecule has 2 nitrogen and oxygen atoms in total. The van der Waals surface area contributed by atoms with Crippen LogP contribution in [0.1, 0.15) is 64.4 Å². The highest BCUT2D eigenvalue weighted by Gasteiger charge is 2.20. The maximum absolute atomic E-state index is 5.51. The predicted octanol–water partition coefficient (Wildman–Crippen LogP) is 6.69. The largest absolute Gasteiger partial charge is 0.494 e. The van der Waals surface area contributed by atoms with Crippen molar-refractivity contribution in [3.63, 3.8) is 0 Å². The second-order valence-electron chi connectivity index (χ2n) is 7.72. The maximum atomic E-state index is 5.51. The molecule has 0 aliphatic heterocycles. The average Bonchev–Trinajstić information content (AvgIpc) is 2.69. The van der Waals surface area contributed by atoms with Gasteiger partial charge >= 0.3 is 0 Å². The third-order valence-corrected chi connectivity index (χ3v) is 5.79. The van der Waals surface area contributed by atoms with E-state index < -0.39 is 0 Å². The molecule has 0 amide bonds. The lowest BCUT2D eigenvalue weighted by Gasteiger charge is -2.28. The lowest BCUT2D eigenvalue weighted by molar-refractivity contribution is 0.252. The highest BCUT2D eigenvalue weighted by molar-refractivity contribution is 5.60. The van der Waals surface area contributed by atoms with Crippen LogP contribution in [0.2, 0.25) is 0 Å². The number of nitrogens with zero attached hydrogens (tertiary/aromatic N) is 1. The summed E-state index contributed by atoms with van der Waals surface area (Å²) in [6.45, 7) is 5.02. The number of aromatic nitrogens is 1. The number of aryl methyl sites for hydroxylation is 1. The van der Waals surface area contributed by atoms with Crippen molar-refractivity contribution in [3.8, 4) is 17.0 Å². The Bertz CT molecular complexity index is 639. The zero-order chi connectivity index (χ0) is 18.2. The standard InChI is InChI=1S/C24H33NO/c1-3-5-19-6-8-20(9-7-19)10-11-21-12-17-24(25-18-21)22-13-15-23(16-14-22)26-4-2/h12-20H,3-11H2,1-2H3/t19-,20-. The molecule has 1 aromatic heterocycles. The van der Waals surface area contributed by atoms with Crippen molar-refractivity contribution in [2.75, 3.05) is 6.61 Å². The summed E-state index contributed by atoms with van der Waals surface area (Å²) in [4.78, 5) is 4.68. The van der Waals surface area contributed by atoms with E-state index in [0.717, 1.165) is 28.8 Å². The summed E-state index contributed by atoms with van der Waals surface area (Å²) in [5, 5.41) is 0. The van der Waals surface area contributed by atoms with E-state index in [1.54, 1.807) is 0 Å². The van der Waals surface area contributed by atoms with Crippen LogP contribution in [0, 0.1) is 11.8 Å². The van der Waals surface area contributed by atoms with Crippen molar-refractivity contribution in [3.05, 3.63) is 48.2 Å². The second kappa shape index (κ2) is 9.75. The van der Waals surface area contributed by atoms with Crippen molar-refractivity contribution in [2.24, 2.45) is 11.8 Å². The Morgan fingerprint density at radius 3 is 2.15 bits per heavy atom. The number of hydrogen-bond donors (Lipinski definition) is 0. The Hall–Kier alpha value is -1.83. The van der Waals surface area contributed by atoms with Gasteiger partial charge in [-0.1, -0.05) is 51.5 Å². The number of benzene rings is 1. The molecule has 0 atom stereocenters. The first-order valence-corrected chi connectivity index (χ1v) is 10.5. The summed E-state index contributed by atoms with van der Waals surface area (Å²) in [5.41, 5.74) is 3.56. The molecule has 1 aliphatic carbocycles. The quantitative estimate of drug-likeness (QED) is 0.529. The van der Waals surface area contributed by atoms with Gasteiger partial charge in [-0.15, -0.1) is 0 Å². The van der Waals surface area contributed by atoms with Gasteiger partial charge in [-0.25, -0.2) is 0 Å². The molecule has 0 saturated heterocycles. The molecule has 0 N–H and O–H groups in total. The van der Waals surface area contributed by atoms with Crippen LogP contribution < -0.4 is 4.74 Å². The number of ether oxygens (including phenoxy) is 1. The maximum Gasteiger partial charge on any atom is 0.119 e. The van der Waals surface area contributed by atoms with Crippen LogP contribution in [0.15, 0.2) is 42.6 Å². The molecule has 1 aliphatic rings. The molecule has 1 fully saturated rings. The summed E-state index contributed by atoms with van der Waals surface area (Å²) in [5.74, 6) is 2.85. The molecule has 0 radical (unpaired) electrons. The lowest BCUT2D eigenvalue weighted by atomic mass is 9.78. The van der Waals surface area contributed by atoms with Crippen LogP contribution >= 0.6 is 0 Å².